The predicted molar refractivity (Wildman–Crippen MR) is 122 cm³/mol. The largest absolute Gasteiger partial charge is 0.490 e. The number of rotatable bonds is 9. The van der Waals surface area contributed by atoms with E-state index < -0.39 is 0 Å². The number of anilines is 1. The van der Waals surface area contributed by atoms with Crippen molar-refractivity contribution in [2.45, 2.75) is 46.5 Å². The fourth-order valence-corrected chi connectivity index (χ4v) is 5.00. The second-order valence-electron chi connectivity index (χ2n) is 7.05. The van der Waals surface area contributed by atoms with Crippen molar-refractivity contribution in [3.05, 3.63) is 33.7 Å². The summed E-state index contributed by atoms with van der Waals surface area (Å²) < 4.78 is 17.1. The van der Waals surface area contributed by atoms with Crippen molar-refractivity contribution in [1.29, 1.82) is 0 Å². The summed E-state index contributed by atoms with van der Waals surface area (Å²) in [6.45, 7) is 6.92. The lowest BCUT2D eigenvalue weighted by Crippen LogP contribution is -2.22. The van der Waals surface area contributed by atoms with Crippen LogP contribution in [0.3, 0.4) is 0 Å². The molecular weight excluding hydrogens is 416 g/mol. The van der Waals surface area contributed by atoms with Crippen molar-refractivity contribution in [2.24, 2.45) is 0 Å². The topological polar surface area (TPSA) is 85.9 Å². The average Bonchev–Trinajstić information content (AvgIpc) is 3.13. The van der Waals surface area contributed by atoms with Crippen LogP contribution in [-0.4, -0.2) is 38.7 Å². The molecule has 1 aromatic carbocycles. The molecule has 31 heavy (non-hydrogen) atoms. The molecule has 168 valence electrons. The van der Waals surface area contributed by atoms with E-state index in [9.17, 15) is 9.59 Å². The molecule has 0 radical (unpaired) electrons. The summed E-state index contributed by atoms with van der Waals surface area (Å²) in [6.07, 6.45) is 3.94. The molecule has 0 spiro atoms. The standard InChI is InChI=1S/C23H30N2O5S/c1-5-28-16-12-14(13-17(29-6-2)20(16)30-7-3)21(26)25-23-19(22(27)24-4)15-10-8-9-11-18(15)31-23/h12-13H,5-11H2,1-4H3,(H,24,27)(H,25,26). The second-order valence-corrected chi connectivity index (χ2v) is 8.15. The third kappa shape index (κ3) is 4.95. The van der Waals surface area contributed by atoms with E-state index in [1.54, 1.807) is 19.2 Å². The molecular formula is C23H30N2O5S. The number of aryl methyl sites for hydroxylation is 1. The van der Waals surface area contributed by atoms with Gasteiger partial charge in [0.2, 0.25) is 5.75 Å². The number of carbonyl (C=O) groups is 2. The number of hydrogen-bond acceptors (Lipinski definition) is 6. The molecule has 0 atom stereocenters. The van der Waals surface area contributed by atoms with Crippen molar-refractivity contribution in [3.63, 3.8) is 0 Å². The van der Waals surface area contributed by atoms with Gasteiger partial charge in [0.25, 0.3) is 11.8 Å². The number of benzene rings is 1. The zero-order chi connectivity index (χ0) is 22.4. The number of fused-ring (bicyclic) bond motifs is 1. The van der Waals surface area contributed by atoms with Crippen LogP contribution in [0, 0.1) is 0 Å². The van der Waals surface area contributed by atoms with Crippen LogP contribution in [-0.2, 0) is 12.8 Å². The molecule has 0 saturated heterocycles. The lowest BCUT2D eigenvalue weighted by Gasteiger charge is -2.17. The summed E-state index contributed by atoms with van der Waals surface area (Å²) in [5, 5.41) is 6.24. The van der Waals surface area contributed by atoms with Gasteiger partial charge in [-0.25, -0.2) is 0 Å². The van der Waals surface area contributed by atoms with Crippen LogP contribution in [0.4, 0.5) is 5.00 Å². The smallest absolute Gasteiger partial charge is 0.256 e. The summed E-state index contributed by atoms with van der Waals surface area (Å²) in [4.78, 5) is 26.9. The Balaban J connectivity index is 1.98. The Kier molecular flexibility index (Phi) is 7.79. The Hall–Kier alpha value is -2.74. The van der Waals surface area contributed by atoms with Crippen LogP contribution < -0.4 is 24.8 Å². The molecule has 2 amide bonds. The summed E-state index contributed by atoms with van der Waals surface area (Å²) >= 11 is 1.49. The van der Waals surface area contributed by atoms with Gasteiger partial charge in [-0.1, -0.05) is 0 Å². The van der Waals surface area contributed by atoms with E-state index in [0.717, 1.165) is 31.2 Å². The molecule has 0 unspecified atom stereocenters. The van der Waals surface area contributed by atoms with Gasteiger partial charge in [0.05, 0.1) is 25.4 Å². The number of thiophene rings is 1. The molecule has 0 saturated carbocycles. The summed E-state index contributed by atoms with van der Waals surface area (Å²) in [7, 11) is 1.61. The number of carbonyl (C=O) groups excluding carboxylic acids is 2. The molecule has 1 aromatic heterocycles. The van der Waals surface area contributed by atoms with Gasteiger partial charge in [0.15, 0.2) is 11.5 Å². The minimum Gasteiger partial charge on any atom is -0.490 e. The van der Waals surface area contributed by atoms with Crippen LogP contribution in [0.15, 0.2) is 12.1 Å². The first-order chi connectivity index (χ1) is 15.0. The van der Waals surface area contributed by atoms with Crippen molar-refractivity contribution >= 4 is 28.2 Å². The fourth-order valence-electron chi connectivity index (χ4n) is 3.71. The van der Waals surface area contributed by atoms with Gasteiger partial charge in [-0.3, -0.25) is 9.59 Å². The molecule has 2 N–H and O–H groups in total. The van der Waals surface area contributed by atoms with Crippen LogP contribution in [0.5, 0.6) is 17.2 Å². The predicted octanol–water partition coefficient (Wildman–Crippen LogP) is 4.43. The molecule has 3 rings (SSSR count). The number of hydrogen-bond donors (Lipinski definition) is 2. The maximum absolute atomic E-state index is 13.2. The van der Waals surface area contributed by atoms with E-state index >= 15 is 0 Å². The molecule has 8 heteroatoms. The highest BCUT2D eigenvalue weighted by Crippen LogP contribution is 2.41. The van der Waals surface area contributed by atoms with Gasteiger partial charge >= 0.3 is 0 Å². The first kappa shape index (κ1) is 22.9. The number of ether oxygens (including phenoxy) is 3. The molecule has 1 aliphatic rings. The Morgan fingerprint density at radius 2 is 1.55 bits per heavy atom. The van der Waals surface area contributed by atoms with E-state index in [2.05, 4.69) is 10.6 Å². The van der Waals surface area contributed by atoms with Gasteiger partial charge < -0.3 is 24.8 Å². The Morgan fingerprint density at radius 1 is 0.935 bits per heavy atom. The van der Waals surface area contributed by atoms with Crippen LogP contribution in [0.25, 0.3) is 0 Å². The molecule has 1 aliphatic carbocycles. The lowest BCUT2D eigenvalue weighted by molar-refractivity contribution is 0.0963. The van der Waals surface area contributed by atoms with Crippen molar-refractivity contribution in [1.82, 2.24) is 5.32 Å². The molecule has 0 aliphatic heterocycles. The molecule has 0 bridgehead atoms. The van der Waals surface area contributed by atoms with Crippen LogP contribution in [0.2, 0.25) is 0 Å². The van der Waals surface area contributed by atoms with E-state index in [1.807, 2.05) is 20.8 Å². The van der Waals surface area contributed by atoms with E-state index in [-0.39, 0.29) is 11.8 Å². The lowest BCUT2D eigenvalue weighted by atomic mass is 9.95. The average molecular weight is 447 g/mol. The van der Waals surface area contributed by atoms with Gasteiger partial charge in [-0.05, 0) is 64.2 Å². The highest BCUT2D eigenvalue weighted by atomic mass is 32.1. The van der Waals surface area contributed by atoms with Gasteiger partial charge in [0.1, 0.15) is 5.00 Å². The third-order valence-corrected chi connectivity index (χ3v) is 6.23. The highest BCUT2D eigenvalue weighted by Gasteiger charge is 2.27. The second kappa shape index (κ2) is 10.5. The maximum Gasteiger partial charge on any atom is 0.256 e. The van der Waals surface area contributed by atoms with Gasteiger partial charge in [-0.15, -0.1) is 11.3 Å². The zero-order valence-corrected chi connectivity index (χ0v) is 19.4. The summed E-state index contributed by atoms with van der Waals surface area (Å²) in [6, 6.07) is 3.30. The summed E-state index contributed by atoms with van der Waals surface area (Å²) in [5.74, 6) is 0.899. The van der Waals surface area contributed by atoms with Crippen molar-refractivity contribution in [3.8, 4) is 17.2 Å². The maximum atomic E-state index is 13.2. The third-order valence-electron chi connectivity index (χ3n) is 5.02. The van der Waals surface area contributed by atoms with Crippen molar-refractivity contribution in [2.75, 3.05) is 32.2 Å². The zero-order valence-electron chi connectivity index (χ0n) is 18.6. The summed E-state index contributed by atoms with van der Waals surface area (Å²) in [5.41, 5.74) is 2.02. The Morgan fingerprint density at radius 3 is 2.13 bits per heavy atom. The molecule has 2 aromatic rings. The first-order valence-electron chi connectivity index (χ1n) is 10.8. The molecule has 0 fully saturated rings. The van der Waals surface area contributed by atoms with E-state index in [1.165, 1.54) is 16.2 Å². The SMILES string of the molecule is CCOc1cc(C(=O)Nc2sc3c(c2C(=O)NC)CCCC3)cc(OCC)c1OCC. The fraction of sp³-hybridized carbons (Fsp3) is 0.478. The minimum atomic E-state index is -0.325. The Labute approximate surface area is 187 Å². The Bertz CT molecular complexity index is 927. The monoisotopic (exact) mass is 446 g/mol. The van der Waals surface area contributed by atoms with Crippen LogP contribution in [0.1, 0.15) is 64.8 Å². The van der Waals surface area contributed by atoms with Gasteiger partial charge in [-0.2, -0.15) is 0 Å². The van der Waals surface area contributed by atoms with E-state index in [4.69, 9.17) is 14.2 Å². The first-order valence-corrected chi connectivity index (χ1v) is 11.6. The van der Waals surface area contributed by atoms with Crippen molar-refractivity contribution < 1.29 is 23.8 Å². The number of amides is 2. The van der Waals surface area contributed by atoms with Gasteiger partial charge in [0, 0.05) is 17.5 Å². The van der Waals surface area contributed by atoms with Crippen LogP contribution >= 0.6 is 11.3 Å². The molecule has 7 nitrogen and oxygen atoms in total. The minimum absolute atomic E-state index is 0.175. The number of nitrogens with one attached hydrogen (secondary N) is 2. The highest BCUT2D eigenvalue weighted by molar-refractivity contribution is 7.17. The normalized spacial score (nSPS) is 12.6. The van der Waals surface area contributed by atoms with E-state index in [0.29, 0.717) is 53.2 Å². The quantitative estimate of drug-likeness (QED) is 0.595. The molecule has 1 heterocycles.